The molecular formula is C28H28N8O. The quantitative estimate of drug-likeness (QED) is 0.380. The summed E-state index contributed by atoms with van der Waals surface area (Å²) in [5.41, 5.74) is 11.6. The molecule has 0 bridgehead atoms. The minimum Gasteiger partial charge on any atom is -0.497 e. The van der Waals surface area contributed by atoms with Crippen molar-refractivity contribution in [3.63, 3.8) is 0 Å². The molecule has 3 N–H and O–H groups in total. The number of benzene rings is 1. The normalized spacial score (nSPS) is 14.3. The predicted molar refractivity (Wildman–Crippen MR) is 146 cm³/mol. The van der Waals surface area contributed by atoms with Gasteiger partial charge in [-0.25, -0.2) is 9.50 Å². The maximum atomic E-state index is 9.70. The van der Waals surface area contributed by atoms with E-state index in [0.29, 0.717) is 12.1 Å². The van der Waals surface area contributed by atoms with Gasteiger partial charge in [-0.15, -0.1) is 0 Å². The SMILES string of the molecule is COc1ccc(CN=CC(=CN)c2cc(-c3ccc(N4CCNCC4)nc3)c3c(C#N)cnn3c2)cc1. The van der Waals surface area contributed by atoms with Crippen molar-refractivity contribution in [2.45, 2.75) is 6.54 Å². The molecule has 9 heteroatoms. The molecule has 5 rings (SSSR count). The first-order chi connectivity index (χ1) is 18.2. The van der Waals surface area contributed by atoms with Gasteiger partial charge in [0.15, 0.2) is 0 Å². The zero-order chi connectivity index (χ0) is 25.6. The van der Waals surface area contributed by atoms with Crippen LogP contribution in [-0.2, 0) is 6.54 Å². The van der Waals surface area contributed by atoms with Crippen LogP contribution in [0.1, 0.15) is 16.7 Å². The number of nitrogens with two attached hydrogens (primary N) is 1. The summed E-state index contributed by atoms with van der Waals surface area (Å²) >= 11 is 0. The van der Waals surface area contributed by atoms with Gasteiger partial charge in [-0.05, 0) is 35.9 Å². The van der Waals surface area contributed by atoms with Gasteiger partial charge in [0.25, 0.3) is 0 Å². The standard InChI is InChI=1S/C28H28N8O/c1-37-25-5-2-20(3-6-25)15-32-16-23(13-29)22-12-26(28-24(14-30)18-34-36(28)19-22)21-4-7-27(33-17-21)35-10-8-31-9-11-35/h2-7,12-13,16-19,31H,8-11,15,29H2,1H3. The number of fused-ring (bicyclic) bond motifs is 1. The van der Waals surface area contributed by atoms with E-state index in [1.54, 1.807) is 24.0 Å². The number of methoxy groups -OCH3 is 1. The van der Waals surface area contributed by atoms with E-state index >= 15 is 0 Å². The van der Waals surface area contributed by atoms with Crippen LogP contribution >= 0.6 is 0 Å². The van der Waals surface area contributed by atoms with Gasteiger partial charge in [-0.2, -0.15) is 10.4 Å². The number of nitriles is 1. The number of nitrogens with one attached hydrogen (secondary N) is 1. The highest BCUT2D eigenvalue weighted by molar-refractivity contribution is 6.10. The van der Waals surface area contributed by atoms with Crippen molar-refractivity contribution in [3.8, 4) is 22.9 Å². The van der Waals surface area contributed by atoms with E-state index in [-0.39, 0.29) is 0 Å². The molecule has 3 aromatic heterocycles. The maximum Gasteiger partial charge on any atom is 0.128 e. The number of aromatic nitrogens is 3. The largest absolute Gasteiger partial charge is 0.497 e. The number of hydrogen-bond acceptors (Lipinski definition) is 8. The smallest absolute Gasteiger partial charge is 0.128 e. The van der Waals surface area contributed by atoms with Crippen molar-refractivity contribution in [1.29, 1.82) is 5.26 Å². The number of hydrogen-bond donors (Lipinski definition) is 2. The molecule has 1 aliphatic rings. The van der Waals surface area contributed by atoms with Crippen molar-refractivity contribution in [3.05, 3.63) is 83.9 Å². The first-order valence-electron chi connectivity index (χ1n) is 12.1. The Labute approximate surface area is 215 Å². The van der Waals surface area contributed by atoms with Crippen LogP contribution < -0.4 is 20.7 Å². The number of anilines is 1. The third kappa shape index (κ3) is 5.15. The second kappa shape index (κ2) is 10.9. The molecule has 1 aliphatic heterocycles. The summed E-state index contributed by atoms with van der Waals surface area (Å²) in [6, 6.07) is 16.1. The van der Waals surface area contributed by atoms with E-state index in [4.69, 9.17) is 15.5 Å². The van der Waals surface area contributed by atoms with Crippen molar-refractivity contribution < 1.29 is 4.74 Å². The van der Waals surface area contributed by atoms with Crippen LogP contribution in [0.15, 0.2) is 72.2 Å². The summed E-state index contributed by atoms with van der Waals surface area (Å²) in [5.74, 6) is 1.75. The van der Waals surface area contributed by atoms with E-state index in [9.17, 15) is 5.26 Å². The highest BCUT2D eigenvalue weighted by Crippen LogP contribution is 2.30. The topological polar surface area (TPSA) is 117 Å². The van der Waals surface area contributed by atoms with Gasteiger partial charge in [0.2, 0.25) is 0 Å². The number of piperazine rings is 1. The van der Waals surface area contributed by atoms with Crippen LogP contribution in [0, 0.1) is 11.3 Å². The van der Waals surface area contributed by atoms with Gasteiger partial charge in [-0.3, -0.25) is 4.99 Å². The fourth-order valence-electron chi connectivity index (χ4n) is 4.40. The monoisotopic (exact) mass is 492 g/mol. The van der Waals surface area contributed by atoms with Gasteiger partial charge in [0.1, 0.15) is 17.6 Å². The fraction of sp³-hybridized carbons (Fsp3) is 0.214. The average molecular weight is 493 g/mol. The van der Waals surface area contributed by atoms with Crippen LogP contribution in [0.4, 0.5) is 5.82 Å². The number of ether oxygens (including phenoxy) is 1. The number of allylic oxidation sites excluding steroid dienone is 1. The summed E-state index contributed by atoms with van der Waals surface area (Å²) in [5, 5.41) is 17.5. The van der Waals surface area contributed by atoms with E-state index < -0.39 is 0 Å². The Hall–Kier alpha value is -4.68. The highest BCUT2D eigenvalue weighted by Gasteiger charge is 2.16. The third-order valence-electron chi connectivity index (χ3n) is 6.41. The molecule has 0 amide bonds. The van der Waals surface area contributed by atoms with Crippen molar-refractivity contribution in [2.75, 3.05) is 38.2 Å². The summed E-state index contributed by atoms with van der Waals surface area (Å²) in [7, 11) is 1.65. The van der Waals surface area contributed by atoms with Crippen molar-refractivity contribution in [1.82, 2.24) is 19.9 Å². The Morgan fingerprint density at radius 3 is 2.68 bits per heavy atom. The lowest BCUT2D eigenvalue weighted by molar-refractivity contribution is 0.414. The van der Waals surface area contributed by atoms with Gasteiger partial charge in [0.05, 0.1) is 30.9 Å². The first-order valence-corrected chi connectivity index (χ1v) is 12.1. The van der Waals surface area contributed by atoms with Gasteiger partial charge < -0.3 is 20.7 Å². The summed E-state index contributed by atoms with van der Waals surface area (Å²) in [6.45, 7) is 4.25. The number of rotatable bonds is 7. The zero-order valence-electron chi connectivity index (χ0n) is 20.6. The predicted octanol–water partition coefficient (Wildman–Crippen LogP) is 3.26. The Morgan fingerprint density at radius 2 is 2.00 bits per heavy atom. The molecule has 0 atom stereocenters. The van der Waals surface area contributed by atoms with Crippen LogP contribution in [0.3, 0.4) is 0 Å². The Balaban J connectivity index is 1.46. The lowest BCUT2D eigenvalue weighted by atomic mass is 10.0. The molecule has 0 saturated carbocycles. The molecule has 1 fully saturated rings. The molecule has 4 heterocycles. The maximum absolute atomic E-state index is 9.70. The highest BCUT2D eigenvalue weighted by atomic mass is 16.5. The number of pyridine rings is 2. The zero-order valence-corrected chi connectivity index (χ0v) is 20.6. The molecule has 0 aliphatic carbocycles. The average Bonchev–Trinajstić information content (AvgIpc) is 3.39. The van der Waals surface area contributed by atoms with E-state index in [1.165, 1.54) is 6.20 Å². The van der Waals surface area contributed by atoms with Crippen LogP contribution in [-0.4, -0.2) is 54.1 Å². The Bertz CT molecular complexity index is 1470. The minimum atomic E-state index is 0.499. The number of aliphatic imine (C=N–C) groups is 1. The molecule has 0 spiro atoms. The first kappa shape index (κ1) is 24.0. The van der Waals surface area contributed by atoms with Crippen molar-refractivity contribution >= 4 is 23.1 Å². The Kier molecular flexibility index (Phi) is 7.10. The van der Waals surface area contributed by atoms with Crippen LogP contribution in [0.5, 0.6) is 5.75 Å². The molecule has 0 radical (unpaired) electrons. The van der Waals surface area contributed by atoms with E-state index in [2.05, 4.69) is 26.4 Å². The van der Waals surface area contributed by atoms with E-state index in [0.717, 1.165) is 71.1 Å². The second-order valence-electron chi connectivity index (χ2n) is 8.69. The Morgan fingerprint density at radius 1 is 1.19 bits per heavy atom. The molecule has 4 aromatic rings. The third-order valence-corrected chi connectivity index (χ3v) is 6.41. The molecular weight excluding hydrogens is 464 g/mol. The fourth-order valence-corrected chi connectivity index (χ4v) is 4.40. The van der Waals surface area contributed by atoms with Crippen LogP contribution in [0.2, 0.25) is 0 Å². The molecule has 1 saturated heterocycles. The summed E-state index contributed by atoms with van der Waals surface area (Å²) in [6.07, 6.45) is 8.59. The van der Waals surface area contributed by atoms with Gasteiger partial charge in [-0.1, -0.05) is 12.1 Å². The second-order valence-corrected chi connectivity index (χ2v) is 8.69. The minimum absolute atomic E-state index is 0.499. The summed E-state index contributed by atoms with van der Waals surface area (Å²) < 4.78 is 6.93. The number of nitrogens with zero attached hydrogens (tertiary/aromatic N) is 6. The van der Waals surface area contributed by atoms with Gasteiger partial charge in [0, 0.05) is 73.3 Å². The lowest BCUT2D eigenvalue weighted by Crippen LogP contribution is -2.43. The molecule has 0 unspecified atom stereocenters. The van der Waals surface area contributed by atoms with Crippen LogP contribution in [0.25, 0.3) is 22.2 Å². The van der Waals surface area contributed by atoms with Gasteiger partial charge >= 0.3 is 0 Å². The van der Waals surface area contributed by atoms with E-state index in [1.807, 2.05) is 54.9 Å². The lowest BCUT2D eigenvalue weighted by Gasteiger charge is -2.28. The molecule has 9 nitrogen and oxygen atoms in total. The molecule has 186 valence electrons. The molecule has 37 heavy (non-hydrogen) atoms. The molecule has 1 aromatic carbocycles. The van der Waals surface area contributed by atoms with Crippen molar-refractivity contribution in [2.24, 2.45) is 10.7 Å². The summed E-state index contributed by atoms with van der Waals surface area (Å²) in [4.78, 5) is 11.6.